The van der Waals surface area contributed by atoms with Crippen molar-refractivity contribution in [2.45, 2.75) is 32.5 Å². The van der Waals surface area contributed by atoms with E-state index in [4.69, 9.17) is 5.11 Å². The number of carbonyl (C=O) groups is 2. The quantitative estimate of drug-likeness (QED) is 0.797. The van der Waals surface area contributed by atoms with Gasteiger partial charge in [0, 0.05) is 6.54 Å². The van der Waals surface area contributed by atoms with Gasteiger partial charge in [0.2, 0.25) is 5.91 Å². The van der Waals surface area contributed by atoms with Crippen LogP contribution in [0, 0.1) is 11.3 Å². The molecule has 5 nitrogen and oxygen atoms in total. The Balaban J connectivity index is 1.92. The Hall–Kier alpha value is -2.25. The molecule has 0 heterocycles. The van der Waals surface area contributed by atoms with E-state index in [0.717, 1.165) is 5.56 Å². The summed E-state index contributed by atoms with van der Waals surface area (Å²) in [6.07, 6.45) is -3.01. The molecule has 0 spiro atoms. The Bertz CT molecular complexity index is 609. The molecular weight excluding hydrogens is 327 g/mol. The van der Waals surface area contributed by atoms with Crippen LogP contribution in [0.2, 0.25) is 0 Å². The van der Waals surface area contributed by atoms with Gasteiger partial charge in [-0.2, -0.15) is 0 Å². The second-order valence-electron chi connectivity index (χ2n) is 6.10. The predicted molar refractivity (Wildman–Crippen MR) is 78.3 cm³/mol. The van der Waals surface area contributed by atoms with E-state index in [2.05, 4.69) is 10.1 Å². The average molecular weight is 345 g/mol. The van der Waals surface area contributed by atoms with Crippen molar-refractivity contribution in [2.75, 3.05) is 6.54 Å². The average Bonchev–Trinajstić information content (AvgIpc) is 3.25. The van der Waals surface area contributed by atoms with E-state index in [1.165, 1.54) is 31.2 Å². The lowest BCUT2D eigenvalue weighted by molar-refractivity contribution is -0.274. The molecule has 1 aromatic rings. The van der Waals surface area contributed by atoms with Gasteiger partial charge in [-0.3, -0.25) is 9.59 Å². The van der Waals surface area contributed by atoms with Crippen LogP contribution in [-0.4, -0.2) is 29.9 Å². The molecule has 0 aliphatic heterocycles. The Labute approximate surface area is 136 Å². The first kappa shape index (κ1) is 18.1. The number of halogens is 3. The summed E-state index contributed by atoms with van der Waals surface area (Å²) in [7, 11) is 0. The number of nitrogens with one attached hydrogen (secondary N) is 1. The molecule has 1 atom stereocenters. The highest BCUT2D eigenvalue weighted by Crippen LogP contribution is 2.48. The summed E-state index contributed by atoms with van der Waals surface area (Å²) in [6.45, 7) is 1.55. The molecule has 1 amide bonds. The first-order chi connectivity index (χ1) is 11.1. The van der Waals surface area contributed by atoms with Gasteiger partial charge in [-0.15, -0.1) is 13.2 Å². The van der Waals surface area contributed by atoms with Crippen LogP contribution >= 0.6 is 0 Å². The molecule has 2 rings (SSSR count). The summed E-state index contributed by atoms with van der Waals surface area (Å²) in [5.41, 5.74) is 0.133. The van der Waals surface area contributed by atoms with E-state index in [1.807, 2.05) is 0 Å². The number of hydrogen-bond donors (Lipinski definition) is 2. The summed E-state index contributed by atoms with van der Waals surface area (Å²) in [5.74, 6) is -2.19. The number of hydrogen-bond acceptors (Lipinski definition) is 3. The second kappa shape index (κ2) is 6.70. The molecule has 8 heteroatoms. The van der Waals surface area contributed by atoms with E-state index in [9.17, 15) is 22.8 Å². The van der Waals surface area contributed by atoms with Crippen molar-refractivity contribution in [2.24, 2.45) is 11.3 Å². The summed E-state index contributed by atoms with van der Waals surface area (Å²) in [6, 6.07) is 5.41. The van der Waals surface area contributed by atoms with Gasteiger partial charge in [0.1, 0.15) is 5.75 Å². The van der Waals surface area contributed by atoms with Crippen molar-refractivity contribution >= 4 is 11.9 Å². The number of amides is 1. The van der Waals surface area contributed by atoms with Gasteiger partial charge >= 0.3 is 12.3 Å². The van der Waals surface area contributed by atoms with Crippen molar-refractivity contribution in [1.82, 2.24) is 5.32 Å². The molecule has 0 radical (unpaired) electrons. The molecule has 1 fully saturated rings. The zero-order chi connectivity index (χ0) is 18.0. The van der Waals surface area contributed by atoms with Gasteiger partial charge in [0.05, 0.1) is 11.3 Å². The molecule has 1 saturated carbocycles. The molecule has 2 N–H and O–H groups in total. The number of aliphatic carboxylic acids is 1. The van der Waals surface area contributed by atoms with Gasteiger partial charge in [-0.05, 0) is 37.0 Å². The lowest BCUT2D eigenvalue weighted by atomic mass is 9.95. The van der Waals surface area contributed by atoms with Crippen molar-refractivity contribution in [1.29, 1.82) is 0 Å². The first-order valence-corrected chi connectivity index (χ1v) is 7.47. The lowest BCUT2D eigenvalue weighted by Crippen LogP contribution is -2.37. The van der Waals surface area contributed by atoms with Crippen LogP contribution in [0.5, 0.6) is 5.75 Å². The number of carboxylic acid groups (broad SMARTS) is 1. The van der Waals surface area contributed by atoms with Gasteiger partial charge in [0.25, 0.3) is 0 Å². The Morgan fingerprint density at radius 1 is 1.29 bits per heavy atom. The van der Waals surface area contributed by atoms with Gasteiger partial charge in [0.15, 0.2) is 0 Å². The Morgan fingerprint density at radius 3 is 2.33 bits per heavy atom. The number of carboxylic acids is 1. The van der Waals surface area contributed by atoms with Gasteiger partial charge in [-0.1, -0.05) is 19.1 Å². The molecule has 1 unspecified atom stereocenters. The number of carbonyl (C=O) groups excluding carboxylic acids is 1. The Kier molecular flexibility index (Phi) is 5.05. The monoisotopic (exact) mass is 345 g/mol. The third-order valence-electron chi connectivity index (χ3n) is 4.03. The smallest absolute Gasteiger partial charge is 0.481 e. The number of ether oxygens (including phenoxy) is 1. The summed E-state index contributed by atoms with van der Waals surface area (Å²) in [5, 5.41) is 11.4. The highest BCUT2D eigenvalue weighted by molar-refractivity contribution is 5.86. The zero-order valence-electron chi connectivity index (χ0n) is 13.0. The van der Waals surface area contributed by atoms with Gasteiger partial charge < -0.3 is 15.2 Å². The van der Waals surface area contributed by atoms with Crippen molar-refractivity contribution in [3.8, 4) is 5.75 Å². The minimum atomic E-state index is -4.74. The zero-order valence-corrected chi connectivity index (χ0v) is 13.0. The molecular formula is C16H18F3NO4. The van der Waals surface area contributed by atoms with Crippen LogP contribution in [0.15, 0.2) is 24.3 Å². The molecule has 1 aliphatic rings. The maximum absolute atomic E-state index is 12.2. The van der Waals surface area contributed by atoms with E-state index < -0.39 is 23.7 Å². The van der Waals surface area contributed by atoms with Crippen LogP contribution < -0.4 is 10.1 Å². The van der Waals surface area contributed by atoms with E-state index >= 15 is 0 Å². The molecule has 0 aromatic heterocycles. The number of alkyl halides is 3. The van der Waals surface area contributed by atoms with Crippen LogP contribution in [0.3, 0.4) is 0 Å². The molecule has 0 bridgehead atoms. The van der Waals surface area contributed by atoms with E-state index in [0.29, 0.717) is 19.3 Å². The second-order valence-corrected chi connectivity index (χ2v) is 6.10. The van der Waals surface area contributed by atoms with Crippen LogP contribution in [-0.2, 0) is 16.0 Å². The maximum Gasteiger partial charge on any atom is 0.573 e. The Morgan fingerprint density at radius 2 is 1.88 bits per heavy atom. The minimum absolute atomic E-state index is 0.0499. The highest BCUT2D eigenvalue weighted by Gasteiger charge is 2.49. The molecule has 24 heavy (non-hydrogen) atoms. The van der Waals surface area contributed by atoms with Crippen LogP contribution in [0.4, 0.5) is 13.2 Å². The predicted octanol–water partition coefficient (Wildman–Crippen LogP) is 2.74. The fourth-order valence-electron chi connectivity index (χ4n) is 2.36. The maximum atomic E-state index is 12.2. The fourth-order valence-corrected chi connectivity index (χ4v) is 2.36. The summed E-state index contributed by atoms with van der Waals surface area (Å²) >= 11 is 0. The third-order valence-corrected chi connectivity index (χ3v) is 4.03. The van der Waals surface area contributed by atoms with Crippen molar-refractivity contribution in [3.05, 3.63) is 29.8 Å². The van der Waals surface area contributed by atoms with E-state index in [1.54, 1.807) is 0 Å². The summed E-state index contributed by atoms with van der Waals surface area (Å²) < 4.78 is 40.2. The van der Waals surface area contributed by atoms with E-state index in [-0.39, 0.29) is 18.2 Å². The largest absolute Gasteiger partial charge is 0.573 e. The summed E-state index contributed by atoms with van der Waals surface area (Å²) in [4.78, 5) is 23.0. The molecule has 0 saturated heterocycles. The fraction of sp³-hybridized carbons (Fsp3) is 0.500. The van der Waals surface area contributed by atoms with Crippen molar-refractivity contribution < 1.29 is 32.6 Å². The highest BCUT2D eigenvalue weighted by atomic mass is 19.4. The first-order valence-electron chi connectivity index (χ1n) is 7.47. The van der Waals surface area contributed by atoms with Crippen LogP contribution in [0.25, 0.3) is 0 Å². The number of rotatable bonds is 7. The molecule has 1 aliphatic carbocycles. The normalized spacial score (nSPS) is 17.0. The minimum Gasteiger partial charge on any atom is -0.481 e. The third kappa shape index (κ3) is 4.87. The molecule has 1 aromatic carbocycles. The van der Waals surface area contributed by atoms with Gasteiger partial charge in [-0.25, -0.2) is 0 Å². The van der Waals surface area contributed by atoms with Crippen molar-refractivity contribution in [3.63, 3.8) is 0 Å². The van der Waals surface area contributed by atoms with Crippen LogP contribution in [0.1, 0.15) is 25.3 Å². The number of benzene rings is 1. The topological polar surface area (TPSA) is 75.6 Å². The standard InChI is InChI=1S/C16H18F3NO4/c1-10(13(21)22)9-20-14(23)15(6-7-15)8-11-2-4-12(5-3-11)24-16(17,18)19/h2-5,10H,6-9H2,1H3,(H,20,23)(H,21,22). The molecule has 132 valence electrons. The SMILES string of the molecule is CC(CNC(=O)C1(Cc2ccc(OC(F)(F)F)cc2)CC1)C(=O)O. The lowest BCUT2D eigenvalue weighted by Gasteiger charge is -2.17.